The van der Waals surface area contributed by atoms with Crippen molar-refractivity contribution >= 4 is 33.8 Å². The van der Waals surface area contributed by atoms with Crippen molar-refractivity contribution in [3.63, 3.8) is 0 Å². The fraction of sp³-hybridized carbons (Fsp3) is 0.304. The average Bonchev–Trinajstić information content (AvgIpc) is 3.28. The lowest BCUT2D eigenvalue weighted by Crippen LogP contribution is -2.49. The van der Waals surface area contributed by atoms with Gasteiger partial charge in [-0.05, 0) is 43.3 Å². The van der Waals surface area contributed by atoms with Crippen molar-refractivity contribution in [2.45, 2.75) is 6.92 Å². The summed E-state index contributed by atoms with van der Waals surface area (Å²) in [4.78, 5) is 21.5. The van der Waals surface area contributed by atoms with Gasteiger partial charge in [0.2, 0.25) is 0 Å². The van der Waals surface area contributed by atoms with Crippen LogP contribution >= 0.6 is 11.3 Å². The van der Waals surface area contributed by atoms with E-state index >= 15 is 0 Å². The smallest absolute Gasteiger partial charge is 0.273 e. The van der Waals surface area contributed by atoms with Crippen LogP contribution in [-0.2, 0) is 0 Å². The molecule has 4 rings (SSSR count). The van der Waals surface area contributed by atoms with E-state index in [1.807, 2.05) is 59.7 Å². The summed E-state index contributed by atoms with van der Waals surface area (Å²) in [5, 5.41) is 5.76. The van der Waals surface area contributed by atoms with E-state index in [0.29, 0.717) is 30.5 Å². The lowest BCUT2D eigenvalue weighted by molar-refractivity contribution is 0.0741. The third-order valence-electron chi connectivity index (χ3n) is 5.13. The van der Waals surface area contributed by atoms with Crippen molar-refractivity contribution in [3.8, 4) is 11.5 Å². The first-order valence-corrected chi connectivity index (χ1v) is 11.2. The average molecular weight is 439 g/mol. The first kappa shape index (κ1) is 21.0. The number of carbonyl (C=O) groups excluding carboxylic acids is 1. The number of nitrogens with zero attached hydrogens (tertiary/aromatic N) is 3. The second kappa shape index (κ2) is 9.70. The van der Waals surface area contributed by atoms with E-state index in [1.165, 1.54) is 11.3 Å². The van der Waals surface area contributed by atoms with E-state index in [2.05, 4.69) is 21.3 Å². The quantitative estimate of drug-likeness (QED) is 0.595. The van der Waals surface area contributed by atoms with E-state index in [4.69, 9.17) is 9.47 Å². The lowest BCUT2D eigenvalue weighted by atomic mass is 10.2. The highest BCUT2D eigenvalue weighted by Gasteiger charge is 2.25. The molecule has 8 heteroatoms. The molecule has 0 saturated carbocycles. The number of aromatic nitrogens is 1. The summed E-state index contributed by atoms with van der Waals surface area (Å²) >= 11 is 1.43. The maximum atomic E-state index is 12.9. The Balaban J connectivity index is 1.35. The first-order valence-electron chi connectivity index (χ1n) is 10.3. The Hall–Kier alpha value is -3.26. The van der Waals surface area contributed by atoms with Gasteiger partial charge in [0.05, 0.1) is 19.4 Å². The number of methoxy groups -OCH3 is 1. The summed E-state index contributed by atoms with van der Waals surface area (Å²) in [5.74, 6) is 1.65. The van der Waals surface area contributed by atoms with Crippen LogP contribution in [0.4, 0.5) is 16.5 Å². The van der Waals surface area contributed by atoms with E-state index in [-0.39, 0.29) is 5.91 Å². The second-order valence-electron chi connectivity index (χ2n) is 7.07. The van der Waals surface area contributed by atoms with Crippen molar-refractivity contribution < 1.29 is 14.3 Å². The highest BCUT2D eigenvalue weighted by molar-refractivity contribution is 7.14. The van der Waals surface area contributed by atoms with Crippen LogP contribution in [-0.4, -0.2) is 55.7 Å². The number of hydrogen-bond donors (Lipinski definition) is 1. The van der Waals surface area contributed by atoms with Crippen LogP contribution < -0.4 is 19.7 Å². The summed E-state index contributed by atoms with van der Waals surface area (Å²) < 4.78 is 10.9. The molecular formula is C23H26N4O3S. The fourth-order valence-electron chi connectivity index (χ4n) is 3.56. The highest BCUT2D eigenvalue weighted by Crippen LogP contribution is 2.29. The summed E-state index contributed by atoms with van der Waals surface area (Å²) in [6.45, 7) is 5.41. The number of ether oxygens (including phenoxy) is 2. The van der Waals surface area contributed by atoms with Crippen LogP contribution in [0.5, 0.6) is 11.5 Å². The molecule has 31 heavy (non-hydrogen) atoms. The van der Waals surface area contributed by atoms with Gasteiger partial charge in [0.1, 0.15) is 17.2 Å². The molecule has 0 unspecified atom stereocenters. The Morgan fingerprint density at radius 1 is 1.10 bits per heavy atom. The third kappa shape index (κ3) is 4.91. The van der Waals surface area contributed by atoms with E-state index < -0.39 is 0 Å². The fourth-order valence-corrected chi connectivity index (χ4v) is 4.26. The third-order valence-corrected chi connectivity index (χ3v) is 5.89. The molecule has 3 aromatic rings. The standard InChI is InChI=1S/C23H26N4O3S/c1-3-30-18-10-8-17(9-11-18)24-23-25-19(16-31-23)22(28)27-14-12-26(13-15-27)20-6-4-5-7-21(20)29-2/h4-11,16H,3,12-15H2,1-2H3,(H,24,25). The first-order chi connectivity index (χ1) is 15.2. The normalized spacial score (nSPS) is 13.7. The number of hydrogen-bond acceptors (Lipinski definition) is 7. The van der Waals surface area contributed by atoms with Crippen molar-refractivity contribution in [1.82, 2.24) is 9.88 Å². The summed E-state index contributed by atoms with van der Waals surface area (Å²) in [6.07, 6.45) is 0. The molecule has 0 aliphatic carbocycles. The van der Waals surface area contributed by atoms with E-state index in [9.17, 15) is 4.79 Å². The molecule has 1 saturated heterocycles. The minimum Gasteiger partial charge on any atom is -0.495 e. The SMILES string of the molecule is CCOc1ccc(Nc2nc(C(=O)N3CCN(c4ccccc4OC)CC3)cs2)cc1. The molecule has 1 aliphatic heterocycles. The Kier molecular flexibility index (Phi) is 6.57. The number of anilines is 3. The summed E-state index contributed by atoms with van der Waals surface area (Å²) in [6, 6.07) is 15.7. The molecule has 7 nitrogen and oxygen atoms in total. The van der Waals surface area contributed by atoms with Gasteiger partial charge < -0.3 is 24.6 Å². The van der Waals surface area contributed by atoms with Gasteiger partial charge in [0, 0.05) is 37.2 Å². The zero-order chi connectivity index (χ0) is 21.6. The number of amides is 1. The summed E-state index contributed by atoms with van der Waals surface area (Å²) in [7, 11) is 1.68. The Morgan fingerprint density at radius 3 is 2.55 bits per heavy atom. The van der Waals surface area contributed by atoms with Crippen molar-refractivity contribution in [2.75, 3.05) is 50.1 Å². The molecule has 1 amide bonds. The van der Waals surface area contributed by atoms with Gasteiger partial charge in [-0.25, -0.2) is 4.98 Å². The van der Waals surface area contributed by atoms with Crippen LogP contribution in [0.25, 0.3) is 0 Å². The Morgan fingerprint density at radius 2 is 1.84 bits per heavy atom. The maximum Gasteiger partial charge on any atom is 0.273 e. The number of para-hydroxylation sites is 2. The number of rotatable bonds is 7. The molecule has 0 radical (unpaired) electrons. The minimum absolute atomic E-state index is 0.0318. The highest BCUT2D eigenvalue weighted by atomic mass is 32.1. The van der Waals surface area contributed by atoms with Gasteiger partial charge in [-0.1, -0.05) is 12.1 Å². The predicted molar refractivity (Wildman–Crippen MR) is 124 cm³/mol. The largest absolute Gasteiger partial charge is 0.495 e. The molecule has 0 atom stereocenters. The van der Waals surface area contributed by atoms with Crippen molar-refractivity contribution in [3.05, 3.63) is 59.6 Å². The van der Waals surface area contributed by atoms with Gasteiger partial charge in [-0.3, -0.25) is 4.79 Å². The van der Waals surface area contributed by atoms with Crippen LogP contribution in [0.2, 0.25) is 0 Å². The van der Waals surface area contributed by atoms with E-state index in [0.717, 1.165) is 36.0 Å². The maximum absolute atomic E-state index is 12.9. The molecule has 1 fully saturated rings. The molecule has 1 aliphatic rings. The second-order valence-corrected chi connectivity index (χ2v) is 7.93. The number of piperazine rings is 1. The zero-order valence-corrected chi connectivity index (χ0v) is 18.5. The molecule has 1 aromatic heterocycles. The minimum atomic E-state index is -0.0318. The zero-order valence-electron chi connectivity index (χ0n) is 17.7. The topological polar surface area (TPSA) is 66.9 Å². The van der Waals surface area contributed by atoms with Gasteiger partial charge in [-0.2, -0.15) is 0 Å². The number of carbonyl (C=O) groups is 1. The van der Waals surface area contributed by atoms with Crippen LogP contribution in [0.15, 0.2) is 53.9 Å². The van der Waals surface area contributed by atoms with Crippen LogP contribution in [0.3, 0.4) is 0 Å². The van der Waals surface area contributed by atoms with E-state index in [1.54, 1.807) is 7.11 Å². The molecule has 0 bridgehead atoms. The number of nitrogens with one attached hydrogen (secondary N) is 1. The molecular weight excluding hydrogens is 412 g/mol. The monoisotopic (exact) mass is 438 g/mol. The van der Waals surface area contributed by atoms with Crippen molar-refractivity contribution in [2.24, 2.45) is 0 Å². The molecule has 1 N–H and O–H groups in total. The van der Waals surface area contributed by atoms with Gasteiger partial charge in [0.15, 0.2) is 5.13 Å². The predicted octanol–water partition coefficient (Wildman–Crippen LogP) is 4.26. The van der Waals surface area contributed by atoms with Crippen LogP contribution in [0.1, 0.15) is 17.4 Å². The van der Waals surface area contributed by atoms with Gasteiger partial charge in [0.25, 0.3) is 5.91 Å². The molecule has 2 heterocycles. The number of thiazole rings is 1. The van der Waals surface area contributed by atoms with Crippen LogP contribution in [0, 0.1) is 0 Å². The molecule has 0 spiro atoms. The molecule has 162 valence electrons. The van der Waals surface area contributed by atoms with Crippen molar-refractivity contribution in [1.29, 1.82) is 0 Å². The molecule has 2 aromatic carbocycles. The Labute approximate surface area is 186 Å². The van der Waals surface area contributed by atoms with Gasteiger partial charge >= 0.3 is 0 Å². The number of benzene rings is 2. The van der Waals surface area contributed by atoms with Gasteiger partial charge in [-0.15, -0.1) is 11.3 Å². The Bertz CT molecular complexity index is 1010. The lowest BCUT2D eigenvalue weighted by Gasteiger charge is -2.36. The summed E-state index contributed by atoms with van der Waals surface area (Å²) in [5.41, 5.74) is 2.44.